The van der Waals surface area contributed by atoms with Crippen molar-refractivity contribution in [2.24, 2.45) is 0 Å². The highest BCUT2D eigenvalue weighted by atomic mass is 35.5. The highest BCUT2D eigenvalue weighted by Crippen LogP contribution is 2.38. The van der Waals surface area contributed by atoms with Gasteiger partial charge in [0.15, 0.2) is 0 Å². The molecule has 0 atom stereocenters. The van der Waals surface area contributed by atoms with Crippen molar-refractivity contribution in [3.8, 4) is 0 Å². The van der Waals surface area contributed by atoms with Gasteiger partial charge >= 0.3 is 12.2 Å². The van der Waals surface area contributed by atoms with E-state index >= 15 is 0 Å². The van der Waals surface area contributed by atoms with Crippen molar-refractivity contribution in [1.29, 1.82) is 0 Å². The summed E-state index contributed by atoms with van der Waals surface area (Å²) in [7, 11) is 0. The number of hydrogen-bond acceptors (Lipinski definition) is 2. The maximum absolute atomic E-state index is 13.2. The van der Waals surface area contributed by atoms with Gasteiger partial charge in [0, 0.05) is 43.4 Å². The summed E-state index contributed by atoms with van der Waals surface area (Å²) in [5.41, 5.74) is -0.664. The van der Waals surface area contributed by atoms with E-state index < -0.39 is 11.7 Å². The third-order valence-electron chi connectivity index (χ3n) is 3.57. The molecular weight excluding hydrogens is 331 g/mol. The summed E-state index contributed by atoms with van der Waals surface area (Å²) in [6, 6.07) is 3.50. The smallest absolute Gasteiger partial charge is 0.367 e. The summed E-state index contributed by atoms with van der Waals surface area (Å²) in [4.78, 5) is 15.0. The molecule has 1 fully saturated rings. The average molecular weight is 348 g/mol. The van der Waals surface area contributed by atoms with Crippen molar-refractivity contribution in [3.05, 3.63) is 41.4 Å². The topological polar surface area (TPSA) is 35.6 Å². The van der Waals surface area contributed by atoms with Crippen LogP contribution in [-0.4, -0.2) is 43.7 Å². The van der Waals surface area contributed by atoms with Gasteiger partial charge in [0.05, 0.1) is 5.56 Å². The first-order valence-corrected chi connectivity index (χ1v) is 7.46. The molecule has 2 amide bonds. The molecule has 2 rings (SSSR count). The fourth-order valence-electron chi connectivity index (χ4n) is 2.43. The molecule has 0 unspecified atom stereocenters. The summed E-state index contributed by atoms with van der Waals surface area (Å²) >= 11 is 5.69. The zero-order chi connectivity index (χ0) is 17.0. The molecule has 0 bridgehead atoms. The molecule has 126 valence electrons. The van der Waals surface area contributed by atoms with Gasteiger partial charge in [-0.3, -0.25) is 0 Å². The van der Waals surface area contributed by atoms with E-state index in [-0.39, 0.29) is 16.7 Å². The standard InChI is InChI=1S/C15H17ClF3N3O/c1-2-5-20-14(23)22-8-6-21(7-9-22)13-4-3-11(16)10-12(13)15(17,18)19/h2-4,10H,1,5-9H2,(H,20,23). The van der Waals surface area contributed by atoms with E-state index in [9.17, 15) is 18.0 Å². The van der Waals surface area contributed by atoms with E-state index in [1.807, 2.05) is 0 Å². The molecule has 1 heterocycles. The summed E-state index contributed by atoms with van der Waals surface area (Å²) < 4.78 is 39.5. The summed E-state index contributed by atoms with van der Waals surface area (Å²) in [5.74, 6) is 0. The number of benzene rings is 1. The van der Waals surface area contributed by atoms with Gasteiger partial charge in [-0.25, -0.2) is 4.79 Å². The van der Waals surface area contributed by atoms with Gasteiger partial charge in [-0.2, -0.15) is 13.2 Å². The molecule has 1 saturated heterocycles. The molecule has 1 aliphatic rings. The van der Waals surface area contributed by atoms with Crippen molar-refractivity contribution in [1.82, 2.24) is 10.2 Å². The minimum Gasteiger partial charge on any atom is -0.367 e. The summed E-state index contributed by atoms with van der Waals surface area (Å²) in [6.07, 6.45) is -2.91. The molecule has 8 heteroatoms. The van der Waals surface area contributed by atoms with E-state index in [0.29, 0.717) is 32.7 Å². The highest BCUT2D eigenvalue weighted by Gasteiger charge is 2.36. The number of urea groups is 1. The lowest BCUT2D eigenvalue weighted by Gasteiger charge is -2.37. The lowest BCUT2D eigenvalue weighted by Crippen LogP contribution is -2.52. The Morgan fingerprint density at radius 2 is 1.96 bits per heavy atom. The van der Waals surface area contributed by atoms with Crippen LogP contribution in [0.15, 0.2) is 30.9 Å². The third-order valence-corrected chi connectivity index (χ3v) is 3.80. The van der Waals surface area contributed by atoms with Crippen molar-refractivity contribution >= 4 is 23.3 Å². The van der Waals surface area contributed by atoms with Crippen molar-refractivity contribution in [2.45, 2.75) is 6.18 Å². The van der Waals surface area contributed by atoms with Crippen LogP contribution in [0.25, 0.3) is 0 Å². The van der Waals surface area contributed by atoms with Crippen LogP contribution in [-0.2, 0) is 6.18 Å². The molecule has 1 aliphatic heterocycles. The van der Waals surface area contributed by atoms with Crippen molar-refractivity contribution in [3.63, 3.8) is 0 Å². The molecule has 0 radical (unpaired) electrons. The van der Waals surface area contributed by atoms with E-state index in [1.165, 1.54) is 12.1 Å². The summed E-state index contributed by atoms with van der Waals surface area (Å²) in [6.45, 7) is 5.22. The number of anilines is 1. The number of amides is 2. The zero-order valence-corrected chi connectivity index (χ0v) is 13.1. The first kappa shape index (κ1) is 17.5. The third kappa shape index (κ3) is 4.31. The van der Waals surface area contributed by atoms with Crippen LogP contribution in [0.3, 0.4) is 0 Å². The van der Waals surface area contributed by atoms with E-state index in [4.69, 9.17) is 11.6 Å². The molecule has 1 aromatic carbocycles. The fraction of sp³-hybridized carbons (Fsp3) is 0.400. The SMILES string of the molecule is C=CCNC(=O)N1CCN(c2ccc(Cl)cc2C(F)(F)F)CC1. The molecule has 0 aromatic heterocycles. The maximum Gasteiger partial charge on any atom is 0.418 e. The molecule has 1 N–H and O–H groups in total. The number of hydrogen-bond donors (Lipinski definition) is 1. The quantitative estimate of drug-likeness (QED) is 0.851. The van der Waals surface area contributed by atoms with E-state index in [1.54, 1.807) is 15.9 Å². The highest BCUT2D eigenvalue weighted by molar-refractivity contribution is 6.30. The number of piperazine rings is 1. The first-order valence-electron chi connectivity index (χ1n) is 7.08. The normalized spacial score (nSPS) is 15.5. The minimum atomic E-state index is -4.47. The van der Waals surface area contributed by atoms with Gasteiger partial charge in [-0.1, -0.05) is 17.7 Å². The van der Waals surface area contributed by atoms with E-state index in [2.05, 4.69) is 11.9 Å². The second-order valence-electron chi connectivity index (χ2n) is 5.11. The summed E-state index contributed by atoms with van der Waals surface area (Å²) in [5, 5.41) is 2.70. The number of carbonyl (C=O) groups is 1. The maximum atomic E-state index is 13.2. The molecule has 1 aromatic rings. The molecular formula is C15H17ClF3N3O. The molecule has 4 nitrogen and oxygen atoms in total. The predicted molar refractivity (Wildman–Crippen MR) is 83.8 cm³/mol. The Kier molecular flexibility index (Phi) is 5.41. The number of rotatable bonds is 3. The average Bonchev–Trinajstić information content (AvgIpc) is 2.52. The fourth-order valence-corrected chi connectivity index (χ4v) is 2.60. The largest absolute Gasteiger partial charge is 0.418 e. The Hall–Kier alpha value is -1.89. The van der Waals surface area contributed by atoms with Gasteiger partial charge < -0.3 is 15.1 Å². The zero-order valence-electron chi connectivity index (χ0n) is 12.4. The minimum absolute atomic E-state index is 0.0449. The van der Waals surface area contributed by atoms with Crippen LogP contribution in [0.1, 0.15) is 5.56 Å². The van der Waals surface area contributed by atoms with Crippen LogP contribution in [0.2, 0.25) is 5.02 Å². The van der Waals surface area contributed by atoms with Gasteiger partial charge in [-0.15, -0.1) is 6.58 Å². The van der Waals surface area contributed by atoms with Crippen molar-refractivity contribution < 1.29 is 18.0 Å². The Bertz CT molecular complexity index is 584. The van der Waals surface area contributed by atoms with Crippen LogP contribution < -0.4 is 10.2 Å². The predicted octanol–water partition coefficient (Wildman–Crippen LogP) is 3.38. The Labute approximate surface area is 137 Å². The van der Waals surface area contributed by atoms with Crippen LogP contribution in [0.5, 0.6) is 0 Å². The number of nitrogens with one attached hydrogen (secondary N) is 1. The molecule has 0 spiro atoms. The Balaban J connectivity index is 2.09. The van der Waals surface area contributed by atoms with Gasteiger partial charge in [0.2, 0.25) is 0 Å². The van der Waals surface area contributed by atoms with Gasteiger partial charge in [0.25, 0.3) is 0 Å². The second-order valence-corrected chi connectivity index (χ2v) is 5.54. The van der Waals surface area contributed by atoms with Crippen molar-refractivity contribution in [2.75, 3.05) is 37.6 Å². The first-order chi connectivity index (χ1) is 10.8. The molecule has 23 heavy (non-hydrogen) atoms. The molecule has 0 saturated carbocycles. The number of nitrogens with zero attached hydrogens (tertiary/aromatic N) is 2. The lowest BCUT2D eigenvalue weighted by atomic mass is 10.1. The van der Waals surface area contributed by atoms with Crippen LogP contribution in [0.4, 0.5) is 23.7 Å². The number of carbonyl (C=O) groups excluding carboxylic acids is 1. The van der Waals surface area contributed by atoms with Crippen LogP contribution >= 0.6 is 11.6 Å². The van der Waals surface area contributed by atoms with Gasteiger partial charge in [0.1, 0.15) is 0 Å². The molecule has 0 aliphatic carbocycles. The van der Waals surface area contributed by atoms with Gasteiger partial charge in [-0.05, 0) is 18.2 Å². The Morgan fingerprint density at radius 3 is 2.52 bits per heavy atom. The lowest BCUT2D eigenvalue weighted by molar-refractivity contribution is -0.137. The Morgan fingerprint density at radius 1 is 1.30 bits per heavy atom. The van der Waals surface area contributed by atoms with Crippen LogP contribution in [0, 0.1) is 0 Å². The number of alkyl halides is 3. The number of halogens is 4. The van der Waals surface area contributed by atoms with E-state index in [0.717, 1.165) is 6.07 Å². The second kappa shape index (κ2) is 7.12. The monoisotopic (exact) mass is 347 g/mol.